The maximum atomic E-state index is 3.42. The number of nitrogens with zero attached hydrogens (tertiary/aromatic N) is 1. The Labute approximate surface area is 133 Å². The molecule has 2 aromatic carbocycles. The van der Waals surface area contributed by atoms with E-state index >= 15 is 0 Å². The van der Waals surface area contributed by atoms with Crippen LogP contribution < -0.4 is 10.2 Å². The van der Waals surface area contributed by atoms with Gasteiger partial charge in [0.25, 0.3) is 0 Å². The van der Waals surface area contributed by atoms with Gasteiger partial charge in [-0.2, -0.15) is 0 Å². The zero-order valence-electron chi connectivity index (χ0n) is 12.7. The van der Waals surface area contributed by atoms with Crippen molar-refractivity contribution in [1.29, 1.82) is 0 Å². The van der Waals surface area contributed by atoms with Crippen molar-refractivity contribution < 1.29 is 1.43 Å². The maximum absolute atomic E-state index is 3.42. The molecule has 0 aliphatic carbocycles. The van der Waals surface area contributed by atoms with Gasteiger partial charge in [0.05, 0.1) is 5.69 Å². The van der Waals surface area contributed by atoms with Gasteiger partial charge in [-0.3, -0.25) is 0 Å². The van der Waals surface area contributed by atoms with Crippen LogP contribution in [0.4, 0.5) is 5.69 Å². The quantitative estimate of drug-likeness (QED) is 0.918. The van der Waals surface area contributed by atoms with E-state index in [0.29, 0.717) is 0 Å². The summed E-state index contributed by atoms with van der Waals surface area (Å²) in [6, 6.07) is 15.5. The molecular weight excluding hydrogens is 276 g/mol. The smallest absolute Gasteiger partial charge is 0.0508 e. The highest BCUT2D eigenvalue weighted by atomic mass is 32.2. The van der Waals surface area contributed by atoms with Gasteiger partial charge in [-0.05, 0) is 37.6 Å². The van der Waals surface area contributed by atoms with E-state index in [9.17, 15) is 0 Å². The van der Waals surface area contributed by atoms with E-state index in [0.717, 1.165) is 26.2 Å². The summed E-state index contributed by atoms with van der Waals surface area (Å²) in [5.41, 5.74) is 4.05. The Morgan fingerprint density at radius 1 is 1.00 bits per heavy atom. The zero-order valence-corrected chi connectivity index (χ0v) is 13.5. The van der Waals surface area contributed by atoms with Crippen molar-refractivity contribution in [2.24, 2.45) is 0 Å². The van der Waals surface area contributed by atoms with Crippen LogP contribution in [-0.2, 0) is 0 Å². The fourth-order valence-electron chi connectivity index (χ4n) is 2.74. The molecule has 0 bridgehead atoms. The van der Waals surface area contributed by atoms with Crippen LogP contribution in [0.3, 0.4) is 0 Å². The average Bonchev–Trinajstić information content (AvgIpc) is 2.51. The Bertz CT molecular complexity index is 624. The lowest BCUT2D eigenvalue weighted by molar-refractivity contribution is 0.587. The van der Waals surface area contributed by atoms with E-state index in [-0.39, 0.29) is 1.43 Å². The zero-order chi connectivity index (χ0) is 14.7. The molecule has 1 aliphatic rings. The minimum atomic E-state index is 0. The number of hydrogen-bond donors (Lipinski definition) is 1. The van der Waals surface area contributed by atoms with Crippen molar-refractivity contribution in [2.75, 3.05) is 31.1 Å². The SMILES string of the molecule is Cc1ccc(Sc2ccccc2N2CCNCC2)c(C)c1.[2HH]. The summed E-state index contributed by atoms with van der Waals surface area (Å²) < 4.78 is 0. The summed E-state index contributed by atoms with van der Waals surface area (Å²) in [6.07, 6.45) is 0. The first-order valence-electron chi connectivity index (χ1n) is 7.54. The Kier molecular flexibility index (Phi) is 4.51. The van der Waals surface area contributed by atoms with E-state index in [1.807, 2.05) is 11.8 Å². The predicted molar refractivity (Wildman–Crippen MR) is 93.7 cm³/mol. The van der Waals surface area contributed by atoms with Gasteiger partial charge in [0.2, 0.25) is 0 Å². The number of anilines is 1. The number of para-hydroxylation sites is 1. The molecule has 0 saturated carbocycles. The van der Waals surface area contributed by atoms with Gasteiger partial charge in [-0.25, -0.2) is 0 Å². The van der Waals surface area contributed by atoms with Gasteiger partial charge in [-0.1, -0.05) is 41.6 Å². The minimum absolute atomic E-state index is 0. The molecule has 0 radical (unpaired) electrons. The van der Waals surface area contributed by atoms with E-state index in [1.54, 1.807) is 0 Å². The van der Waals surface area contributed by atoms with Crippen molar-refractivity contribution in [1.82, 2.24) is 5.32 Å². The van der Waals surface area contributed by atoms with Gasteiger partial charge in [0.15, 0.2) is 0 Å². The first-order valence-corrected chi connectivity index (χ1v) is 8.35. The van der Waals surface area contributed by atoms with E-state index in [4.69, 9.17) is 0 Å². The van der Waals surface area contributed by atoms with Gasteiger partial charge >= 0.3 is 0 Å². The molecule has 21 heavy (non-hydrogen) atoms. The van der Waals surface area contributed by atoms with Crippen molar-refractivity contribution in [2.45, 2.75) is 23.6 Å². The molecule has 3 heteroatoms. The van der Waals surface area contributed by atoms with Crippen LogP contribution >= 0.6 is 11.8 Å². The number of rotatable bonds is 3. The third-order valence-electron chi connectivity index (χ3n) is 3.87. The summed E-state index contributed by atoms with van der Waals surface area (Å²) in [5, 5.41) is 3.42. The lowest BCUT2D eigenvalue weighted by Gasteiger charge is -2.31. The van der Waals surface area contributed by atoms with Crippen molar-refractivity contribution in [3.63, 3.8) is 0 Å². The standard InChI is InChI=1S/C18H22N2S.H2/c1-14-7-8-17(15(2)13-14)21-18-6-4-3-5-16(18)20-11-9-19-10-12-20;/h3-8,13,19H,9-12H2,1-2H3;1H/i;1+1. The van der Waals surface area contributed by atoms with E-state index < -0.39 is 0 Å². The lowest BCUT2D eigenvalue weighted by Crippen LogP contribution is -2.43. The molecular formula is C18H24N2S. The summed E-state index contributed by atoms with van der Waals surface area (Å²) >= 11 is 1.88. The molecule has 2 aromatic rings. The molecule has 112 valence electrons. The van der Waals surface area contributed by atoms with Crippen LogP contribution in [0, 0.1) is 13.8 Å². The molecule has 0 atom stereocenters. The molecule has 1 fully saturated rings. The molecule has 1 N–H and O–H groups in total. The third-order valence-corrected chi connectivity index (χ3v) is 5.12. The van der Waals surface area contributed by atoms with E-state index in [2.05, 4.69) is 66.5 Å². The van der Waals surface area contributed by atoms with Crippen molar-refractivity contribution in [3.8, 4) is 0 Å². The average molecular weight is 301 g/mol. The first kappa shape index (κ1) is 14.5. The minimum Gasteiger partial charge on any atom is -0.368 e. The number of piperazine rings is 1. The fraction of sp³-hybridized carbons (Fsp3) is 0.333. The van der Waals surface area contributed by atoms with Gasteiger partial charge in [-0.15, -0.1) is 0 Å². The summed E-state index contributed by atoms with van der Waals surface area (Å²) in [7, 11) is 0. The Morgan fingerprint density at radius 3 is 2.52 bits per heavy atom. The van der Waals surface area contributed by atoms with Crippen LogP contribution in [-0.4, -0.2) is 26.2 Å². The van der Waals surface area contributed by atoms with Crippen molar-refractivity contribution in [3.05, 3.63) is 53.6 Å². The summed E-state index contributed by atoms with van der Waals surface area (Å²) in [5.74, 6) is 0. The number of hydrogen-bond acceptors (Lipinski definition) is 3. The second-order valence-corrected chi connectivity index (χ2v) is 6.66. The molecule has 0 aromatic heterocycles. The first-order chi connectivity index (χ1) is 10.2. The molecule has 1 heterocycles. The molecule has 1 saturated heterocycles. The molecule has 3 rings (SSSR count). The van der Waals surface area contributed by atoms with E-state index in [1.165, 1.54) is 26.6 Å². The van der Waals surface area contributed by atoms with Crippen LogP contribution in [0.2, 0.25) is 0 Å². The largest absolute Gasteiger partial charge is 0.368 e. The molecule has 0 spiro atoms. The molecule has 0 amide bonds. The highest BCUT2D eigenvalue weighted by Crippen LogP contribution is 2.37. The highest BCUT2D eigenvalue weighted by molar-refractivity contribution is 7.99. The van der Waals surface area contributed by atoms with Crippen molar-refractivity contribution >= 4 is 17.4 Å². The molecule has 0 unspecified atom stereocenters. The number of nitrogens with one attached hydrogen (secondary N) is 1. The monoisotopic (exact) mass is 301 g/mol. The molecule has 2 nitrogen and oxygen atoms in total. The Morgan fingerprint density at radius 2 is 1.76 bits per heavy atom. The molecule has 1 aliphatic heterocycles. The van der Waals surface area contributed by atoms with Crippen LogP contribution in [0.15, 0.2) is 52.3 Å². The topological polar surface area (TPSA) is 15.3 Å². The number of benzene rings is 2. The Hall–Kier alpha value is -1.45. The van der Waals surface area contributed by atoms with Gasteiger partial charge in [0.1, 0.15) is 0 Å². The normalized spacial score (nSPS) is 15.2. The summed E-state index contributed by atoms with van der Waals surface area (Å²) in [4.78, 5) is 5.19. The van der Waals surface area contributed by atoms with Crippen LogP contribution in [0.25, 0.3) is 0 Å². The van der Waals surface area contributed by atoms with Gasteiger partial charge in [0, 0.05) is 37.4 Å². The predicted octanol–water partition coefficient (Wildman–Crippen LogP) is 4.11. The maximum Gasteiger partial charge on any atom is 0.0508 e. The summed E-state index contributed by atoms with van der Waals surface area (Å²) in [6.45, 7) is 8.67. The van der Waals surface area contributed by atoms with Gasteiger partial charge < -0.3 is 10.2 Å². The van der Waals surface area contributed by atoms with Crippen LogP contribution in [0.5, 0.6) is 0 Å². The van der Waals surface area contributed by atoms with Crippen LogP contribution in [0.1, 0.15) is 12.6 Å². The second-order valence-electron chi connectivity index (χ2n) is 5.58. The lowest BCUT2D eigenvalue weighted by atomic mass is 10.2. The highest BCUT2D eigenvalue weighted by Gasteiger charge is 2.14. The Balaban J connectivity index is 0.00000176. The second kappa shape index (κ2) is 6.54. The number of aryl methyl sites for hydroxylation is 2. The fourth-order valence-corrected chi connectivity index (χ4v) is 3.78. The third kappa shape index (κ3) is 3.42.